The summed E-state index contributed by atoms with van der Waals surface area (Å²) in [4.78, 5) is 7.13. The van der Waals surface area contributed by atoms with Crippen molar-refractivity contribution >= 4 is 5.82 Å². The maximum Gasteiger partial charge on any atom is 0.126 e. The SMILES string of the molecule is Cc1cc(NCC2(CN3CCCC3)CC2)nc(C)c1C#N. The van der Waals surface area contributed by atoms with Gasteiger partial charge in [-0.15, -0.1) is 0 Å². The quantitative estimate of drug-likeness (QED) is 0.903. The monoisotopic (exact) mass is 284 g/mol. The molecule has 0 bridgehead atoms. The van der Waals surface area contributed by atoms with E-state index in [1.165, 1.54) is 45.3 Å². The number of nitrogens with one attached hydrogen (secondary N) is 1. The molecule has 21 heavy (non-hydrogen) atoms. The lowest BCUT2D eigenvalue weighted by atomic mass is 10.1. The summed E-state index contributed by atoms with van der Waals surface area (Å²) in [5.74, 6) is 0.914. The molecule has 1 aliphatic heterocycles. The minimum Gasteiger partial charge on any atom is -0.369 e. The van der Waals surface area contributed by atoms with E-state index in [4.69, 9.17) is 5.26 Å². The van der Waals surface area contributed by atoms with E-state index in [9.17, 15) is 0 Å². The van der Waals surface area contributed by atoms with Crippen LogP contribution in [0.25, 0.3) is 0 Å². The van der Waals surface area contributed by atoms with Gasteiger partial charge in [-0.25, -0.2) is 4.98 Å². The Morgan fingerprint density at radius 3 is 2.62 bits per heavy atom. The van der Waals surface area contributed by atoms with E-state index >= 15 is 0 Å². The first-order valence-electron chi connectivity index (χ1n) is 7.96. The molecule has 0 unspecified atom stereocenters. The molecule has 0 aromatic carbocycles. The fourth-order valence-corrected chi connectivity index (χ4v) is 3.35. The third kappa shape index (κ3) is 3.19. The second kappa shape index (κ2) is 5.65. The number of nitrogens with zero attached hydrogens (tertiary/aromatic N) is 3. The zero-order chi connectivity index (χ0) is 14.9. The van der Waals surface area contributed by atoms with E-state index in [0.717, 1.165) is 23.6 Å². The maximum atomic E-state index is 9.10. The van der Waals surface area contributed by atoms with Crippen molar-refractivity contribution in [3.8, 4) is 6.07 Å². The van der Waals surface area contributed by atoms with Crippen LogP contribution < -0.4 is 5.32 Å². The normalized spacial score (nSPS) is 20.2. The minimum absolute atomic E-state index is 0.460. The Balaban J connectivity index is 1.61. The fraction of sp³-hybridized carbons (Fsp3) is 0.647. The number of pyridine rings is 1. The van der Waals surface area contributed by atoms with Crippen LogP contribution in [0.15, 0.2) is 6.07 Å². The molecule has 1 saturated heterocycles. The van der Waals surface area contributed by atoms with Crippen molar-refractivity contribution in [1.82, 2.24) is 9.88 Å². The lowest BCUT2D eigenvalue weighted by molar-refractivity contribution is 0.271. The van der Waals surface area contributed by atoms with Gasteiger partial charge in [0.2, 0.25) is 0 Å². The minimum atomic E-state index is 0.460. The van der Waals surface area contributed by atoms with Crippen LogP contribution in [-0.4, -0.2) is 36.1 Å². The molecule has 1 aliphatic carbocycles. The molecule has 1 aromatic rings. The molecule has 2 fully saturated rings. The lowest BCUT2D eigenvalue weighted by Gasteiger charge is -2.23. The van der Waals surface area contributed by atoms with Crippen molar-refractivity contribution in [3.63, 3.8) is 0 Å². The summed E-state index contributed by atoms with van der Waals surface area (Å²) in [6.45, 7) is 8.67. The molecular formula is C17H24N4. The van der Waals surface area contributed by atoms with E-state index in [-0.39, 0.29) is 0 Å². The summed E-state index contributed by atoms with van der Waals surface area (Å²) in [5, 5.41) is 12.6. The average Bonchev–Trinajstić information content (AvgIpc) is 3.01. The van der Waals surface area contributed by atoms with Gasteiger partial charge in [0, 0.05) is 18.5 Å². The largest absolute Gasteiger partial charge is 0.369 e. The van der Waals surface area contributed by atoms with E-state index in [1.807, 2.05) is 19.9 Å². The van der Waals surface area contributed by atoms with Gasteiger partial charge in [-0.3, -0.25) is 0 Å². The zero-order valence-electron chi connectivity index (χ0n) is 13.1. The van der Waals surface area contributed by atoms with Gasteiger partial charge in [-0.2, -0.15) is 5.26 Å². The second-order valence-electron chi connectivity index (χ2n) is 6.73. The van der Waals surface area contributed by atoms with Crippen LogP contribution in [0.5, 0.6) is 0 Å². The first kappa shape index (κ1) is 14.3. The van der Waals surface area contributed by atoms with Gasteiger partial charge < -0.3 is 10.2 Å². The highest BCUT2D eigenvalue weighted by Gasteiger charge is 2.43. The molecule has 1 aromatic heterocycles. The van der Waals surface area contributed by atoms with Crippen LogP contribution in [0.2, 0.25) is 0 Å². The molecule has 0 spiro atoms. The van der Waals surface area contributed by atoms with Crippen LogP contribution in [0.3, 0.4) is 0 Å². The first-order chi connectivity index (χ1) is 10.1. The van der Waals surface area contributed by atoms with Crippen LogP contribution in [0.1, 0.15) is 42.5 Å². The molecule has 2 heterocycles. The number of aromatic nitrogens is 1. The Bertz CT molecular complexity index is 540. The van der Waals surface area contributed by atoms with Crippen LogP contribution in [0, 0.1) is 30.6 Å². The highest BCUT2D eigenvalue weighted by atomic mass is 15.2. The number of hydrogen-bond donors (Lipinski definition) is 1. The fourth-order valence-electron chi connectivity index (χ4n) is 3.35. The van der Waals surface area contributed by atoms with Crippen LogP contribution in [-0.2, 0) is 0 Å². The average molecular weight is 284 g/mol. The molecular weight excluding hydrogens is 260 g/mol. The van der Waals surface area contributed by atoms with Crippen molar-refractivity contribution in [2.45, 2.75) is 39.5 Å². The molecule has 0 radical (unpaired) electrons. The Labute approximate surface area is 127 Å². The number of nitriles is 1. The van der Waals surface area contributed by atoms with Gasteiger partial charge in [0.1, 0.15) is 11.9 Å². The van der Waals surface area contributed by atoms with Gasteiger partial charge in [-0.1, -0.05) is 0 Å². The molecule has 2 aliphatic rings. The van der Waals surface area contributed by atoms with Crippen LogP contribution >= 0.6 is 0 Å². The lowest BCUT2D eigenvalue weighted by Crippen LogP contribution is -2.32. The van der Waals surface area contributed by atoms with Gasteiger partial charge >= 0.3 is 0 Å². The van der Waals surface area contributed by atoms with Crippen molar-refractivity contribution in [2.24, 2.45) is 5.41 Å². The first-order valence-corrected chi connectivity index (χ1v) is 7.96. The van der Waals surface area contributed by atoms with Crippen molar-refractivity contribution in [3.05, 3.63) is 22.9 Å². The van der Waals surface area contributed by atoms with Crippen molar-refractivity contribution in [1.29, 1.82) is 5.26 Å². The molecule has 4 nitrogen and oxygen atoms in total. The molecule has 112 valence electrons. The van der Waals surface area contributed by atoms with Gasteiger partial charge in [0.15, 0.2) is 0 Å². The summed E-state index contributed by atoms with van der Waals surface area (Å²) in [6, 6.07) is 4.22. The Hall–Kier alpha value is -1.60. The molecule has 4 heteroatoms. The summed E-state index contributed by atoms with van der Waals surface area (Å²) >= 11 is 0. The van der Waals surface area contributed by atoms with Gasteiger partial charge in [0.25, 0.3) is 0 Å². The predicted molar refractivity (Wildman–Crippen MR) is 84.3 cm³/mol. The predicted octanol–water partition coefficient (Wildman–Crippen LogP) is 2.86. The molecule has 0 amide bonds. The van der Waals surface area contributed by atoms with E-state index in [2.05, 4.69) is 21.3 Å². The van der Waals surface area contributed by atoms with E-state index in [0.29, 0.717) is 11.0 Å². The number of hydrogen-bond acceptors (Lipinski definition) is 4. The molecule has 0 atom stereocenters. The van der Waals surface area contributed by atoms with Crippen LogP contribution in [0.4, 0.5) is 5.82 Å². The smallest absolute Gasteiger partial charge is 0.126 e. The summed E-state index contributed by atoms with van der Waals surface area (Å²) in [6.07, 6.45) is 5.37. The summed E-state index contributed by atoms with van der Waals surface area (Å²) < 4.78 is 0. The van der Waals surface area contributed by atoms with Crippen molar-refractivity contribution < 1.29 is 0 Å². The van der Waals surface area contributed by atoms with E-state index < -0.39 is 0 Å². The number of likely N-dealkylation sites (tertiary alicyclic amines) is 1. The maximum absolute atomic E-state index is 9.10. The Morgan fingerprint density at radius 2 is 2.05 bits per heavy atom. The van der Waals surface area contributed by atoms with E-state index in [1.54, 1.807) is 0 Å². The third-order valence-electron chi connectivity index (χ3n) is 4.87. The summed E-state index contributed by atoms with van der Waals surface area (Å²) in [5.41, 5.74) is 3.00. The van der Waals surface area contributed by atoms with Gasteiger partial charge in [0.05, 0.1) is 11.3 Å². The molecule has 3 rings (SSSR count). The standard InChI is InChI=1S/C17H24N4/c1-13-9-16(20-14(2)15(13)10-18)19-11-17(5-6-17)12-21-7-3-4-8-21/h9H,3-8,11-12H2,1-2H3,(H,19,20). The Morgan fingerprint density at radius 1 is 1.33 bits per heavy atom. The number of anilines is 1. The number of aryl methyl sites for hydroxylation is 2. The molecule has 1 saturated carbocycles. The Kier molecular flexibility index (Phi) is 3.86. The van der Waals surface area contributed by atoms with Crippen molar-refractivity contribution in [2.75, 3.05) is 31.5 Å². The number of rotatable bonds is 5. The topological polar surface area (TPSA) is 52.0 Å². The highest BCUT2D eigenvalue weighted by molar-refractivity contribution is 5.48. The molecule has 1 N–H and O–H groups in total. The summed E-state index contributed by atoms with van der Waals surface area (Å²) in [7, 11) is 0. The second-order valence-corrected chi connectivity index (χ2v) is 6.73. The zero-order valence-corrected chi connectivity index (χ0v) is 13.1. The van der Waals surface area contributed by atoms with Gasteiger partial charge in [-0.05, 0) is 64.3 Å². The third-order valence-corrected chi connectivity index (χ3v) is 4.87. The highest BCUT2D eigenvalue weighted by Crippen LogP contribution is 2.46.